The zero-order valence-electron chi connectivity index (χ0n) is 10.9. The summed E-state index contributed by atoms with van der Waals surface area (Å²) in [5, 5.41) is 10.1. The molecule has 0 radical (unpaired) electrons. The van der Waals surface area contributed by atoms with Gasteiger partial charge in [-0.05, 0) is 57.4 Å². The number of hydrogen-bond donors (Lipinski definition) is 1. The highest BCUT2D eigenvalue weighted by atomic mass is 16.3. The molecule has 2 nitrogen and oxygen atoms in total. The van der Waals surface area contributed by atoms with E-state index in [9.17, 15) is 5.11 Å². The third-order valence-corrected chi connectivity index (χ3v) is 4.65. The van der Waals surface area contributed by atoms with Crippen molar-refractivity contribution in [3.8, 4) is 0 Å². The smallest absolute Gasteiger partial charge is 0.0807 e. The van der Waals surface area contributed by atoms with Crippen LogP contribution in [0.3, 0.4) is 0 Å². The lowest BCUT2D eigenvalue weighted by atomic mass is 9.95. The Kier molecular flexibility index (Phi) is 2.78. The maximum Gasteiger partial charge on any atom is 0.0807 e. The van der Waals surface area contributed by atoms with Crippen molar-refractivity contribution >= 4 is 0 Å². The Morgan fingerprint density at radius 1 is 1.29 bits per heavy atom. The summed E-state index contributed by atoms with van der Waals surface area (Å²) in [5.41, 5.74) is 4.00. The number of fused-ring (bicyclic) bond motifs is 1. The average Bonchev–Trinajstić information content (AvgIpc) is 2.82. The fraction of sp³-hybridized carbons (Fsp3) is 0.733. The zero-order chi connectivity index (χ0) is 12.0. The van der Waals surface area contributed by atoms with E-state index in [1.165, 1.54) is 36.2 Å². The Hall–Kier alpha value is -0.760. The minimum atomic E-state index is -0.211. The second kappa shape index (κ2) is 4.16. The summed E-state index contributed by atoms with van der Waals surface area (Å²) in [6, 6.07) is 2.92. The van der Waals surface area contributed by atoms with Crippen LogP contribution in [0.4, 0.5) is 0 Å². The Morgan fingerprint density at radius 2 is 2.12 bits per heavy atom. The first-order valence-electron chi connectivity index (χ1n) is 7.05. The van der Waals surface area contributed by atoms with E-state index in [0.29, 0.717) is 6.04 Å². The molecule has 2 aliphatic carbocycles. The highest BCUT2D eigenvalue weighted by molar-refractivity contribution is 5.32. The van der Waals surface area contributed by atoms with Gasteiger partial charge in [-0.3, -0.25) is 0 Å². The van der Waals surface area contributed by atoms with E-state index in [0.717, 1.165) is 25.2 Å². The number of rotatable bonds is 1. The lowest BCUT2D eigenvalue weighted by Gasteiger charge is -2.24. The normalized spacial score (nSPS) is 32.8. The number of aliphatic hydroxyl groups is 1. The van der Waals surface area contributed by atoms with Gasteiger partial charge in [0.2, 0.25) is 0 Å². The molecule has 1 aromatic rings. The molecule has 1 saturated carbocycles. The molecule has 3 unspecified atom stereocenters. The van der Waals surface area contributed by atoms with Crippen LogP contribution in [0.2, 0.25) is 0 Å². The van der Waals surface area contributed by atoms with E-state index >= 15 is 0 Å². The fourth-order valence-corrected chi connectivity index (χ4v) is 3.82. The first-order valence-corrected chi connectivity index (χ1v) is 7.05. The van der Waals surface area contributed by atoms with Crippen LogP contribution >= 0.6 is 0 Å². The van der Waals surface area contributed by atoms with Gasteiger partial charge < -0.3 is 9.67 Å². The van der Waals surface area contributed by atoms with E-state index in [2.05, 4.69) is 24.5 Å². The van der Waals surface area contributed by atoms with Crippen LogP contribution in [0.5, 0.6) is 0 Å². The molecule has 1 aromatic heterocycles. The zero-order valence-corrected chi connectivity index (χ0v) is 10.9. The van der Waals surface area contributed by atoms with Crippen LogP contribution in [0.15, 0.2) is 6.07 Å². The standard InChI is InChI=1S/C15H23NO/c1-10-6-7-12(8-10)16-11(2)9-13-14(16)4-3-5-15(13)17/h9-10,12,15,17H,3-8H2,1-2H3. The van der Waals surface area contributed by atoms with Gasteiger partial charge in [-0.25, -0.2) is 0 Å². The van der Waals surface area contributed by atoms with Crippen molar-refractivity contribution < 1.29 is 5.11 Å². The second-order valence-corrected chi connectivity index (χ2v) is 6.04. The van der Waals surface area contributed by atoms with Gasteiger partial charge in [0.05, 0.1) is 6.10 Å². The summed E-state index contributed by atoms with van der Waals surface area (Å²) in [6.45, 7) is 4.56. The third-order valence-electron chi connectivity index (χ3n) is 4.65. The molecule has 0 bridgehead atoms. The summed E-state index contributed by atoms with van der Waals surface area (Å²) in [5.74, 6) is 0.867. The molecule has 1 fully saturated rings. The lowest BCUT2D eigenvalue weighted by molar-refractivity contribution is 0.155. The van der Waals surface area contributed by atoms with E-state index in [-0.39, 0.29) is 6.10 Å². The monoisotopic (exact) mass is 233 g/mol. The Labute approximate surface area is 104 Å². The first-order chi connectivity index (χ1) is 8.16. The van der Waals surface area contributed by atoms with Crippen molar-refractivity contribution in [2.24, 2.45) is 5.92 Å². The van der Waals surface area contributed by atoms with E-state index in [1.54, 1.807) is 0 Å². The third kappa shape index (κ3) is 1.83. The highest BCUT2D eigenvalue weighted by Crippen LogP contribution is 2.40. The van der Waals surface area contributed by atoms with Crippen molar-refractivity contribution in [1.82, 2.24) is 4.57 Å². The average molecular weight is 233 g/mol. The maximum absolute atomic E-state index is 10.1. The van der Waals surface area contributed by atoms with Crippen molar-refractivity contribution in [2.75, 3.05) is 0 Å². The molecule has 0 amide bonds. The highest BCUT2D eigenvalue weighted by Gasteiger charge is 2.29. The largest absolute Gasteiger partial charge is 0.388 e. The molecule has 94 valence electrons. The number of aryl methyl sites for hydroxylation is 1. The Balaban J connectivity index is 1.99. The molecule has 3 rings (SSSR count). The lowest BCUT2D eigenvalue weighted by Crippen LogP contribution is -2.15. The molecule has 3 atom stereocenters. The van der Waals surface area contributed by atoms with Crippen LogP contribution in [0.1, 0.15) is 68.1 Å². The summed E-state index contributed by atoms with van der Waals surface area (Å²) in [7, 11) is 0. The molecule has 2 aliphatic rings. The van der Waals surface area contributed by atoms with Gasteiger partial charge in [0.25, 0.3) is 0 Å². The predicted molar refractivity (Wildman–Crippen MR) is 69.1 cm³/mol. The number of aromatic nitrogens is 1. The topological polar surface area (TPSA) is 25.2 Å². The number of aliphatic hydroxyl groups excluding tert-OH is 1. The maximum atomic E-state index is 10.1. The fourth-order valence-electron chi connectivity index (χ4n) is 3.82. The van der Waals surface area contributed by atoms with Gasteiger partial charge in [0.1, 0.15) is 0 Å². The van der Waals surface area contributed by atoms with Crippen LogP contribution in [0, 0.1) is 12.8 Å². The Bertz CT molecular complexity index is 421. The molecule has 2 heteroatoms. The molecule has 0 aromatic carbocycles. The van der Waals surface area contributed by atoms with E-state index in [1.807, 2.05) is 0 Å². The van der Waals surface area contributed by atoms with Gasteiger partial charge >= 0.3 is 0 Å². The van der Waals surface area contributed by atoms with Crippen LogP contribution in [-0.4, -0.2) is 9.67 Å². The molecule has 17 heavy (non-hydrogen) atoms. The summed E-state index contributed by atoms with van der Waals surface area (Å²) >= 11 is 0. The molecule has 1 N–H and O–H groups in total. The second-order valence-electron chi connectivity index (χ2n) is 6.04. The van der Waals surface area contributed by atoms with Crippen molar-refractivity contribution in [3.63, 3.8) is 0 Å². The van der Waals surface area contributed by atoms with Gasteiger partial charge in [-0.2, -0.15) is 0 Å². The van der Waals surface area contributed by atoms with Gasteiger partial charge in [0.15, 0.2) is 0 Å². The molecule has 0 saturated heterocycles. The predicted octanol–water partition coefficient (Wildman–Crippen LogP) is 3.53. The van der Waals surface area contributed by atoms with E-state index < -0.39 is 0 Å². The number of hydrogen-bond acceptors (Lipinski definition) is 1. The van der Waals surface area contributed by atoms with Gasteiger partial charge in [0, 0.05) is 23.0 Å². The molecular formula is C15H23NO. The molecular weight excluding hydrogens is 210 g/mol. The van der Waals surface area contributed by atoms with Gasteiger partial charge in [-0.15, -0.1) is 0 Å². The van der Waals surface area contributed by atoms with Crippen molar-refractivity contribution in [1.29, 1.82) is 0 Å². The minimum absolute atomic E-state index is 0.211. The Morgan fingerprint density at radius 3 is 2.82 bits per heavy atom. The first kappa shape index (κ1) is 11.3. The van der Waals surface area contributed by atoms with Crippen LogP contribution < -0.4 is 0 Å². The van der Waals surface area contributed by atoms with Crippen LogP contribution in [0.25, 0.3) is 0 Å². The molecule has 0 aliphatic heterocycles. The van der Waals surface area contributed by atoms with E-state index in [4.69, 9.17) is 0 Å². The molecule has 1 heterocycles. The summed E-state index contributed by atoms with van der Waals surface area (Å²) < 4.78 is 2.54. The van der Waals surface area contributed by atoms with Crippen LogP contribution in [-0.2, 0) is 6.42 Å². The summed E-state index contributed by atoms with van der Waals surface area (Å²) in [4.78, 5) is 0. The minimum Gasteiger partial charge on any atom is -0.388 e. The molecule has 0 spiro atoms. The SMILES string of the molecule is Cc1cc2c(n1C1CCC(C)C1)CCCC2O. The quantitative estimate of drug-likeness (QED) is 0.788. The summed E-state index contributed by atoms with van der Waals surface area (Å²) in [6.07, 6.45) is 7.02. The van der Waals surface area contributed by atoms with Gasteiger partial charge in [-0.1, -0.05) is 6.92 Å². The van der Waals surface area contributed by atoms with Crippen molar-refractivity contribution in [2.45, 2.75) is 64.5 Å². The van der Waals surface area contributed by atoms with Crippen molar-refractivity contribution in [3.05, 3.63) is 23.0 Å². The number of nitrogens with zero attached hydrogens (tertiary/aromatic N) is 1.